The van der Waals surface area contributed by atoms with Crippen LogP contribution in [0, 0.1) is 16.0 Å². The molecule has 9 heteroatoms. The normalized spacial score (nSPS) is 19.9. The van der Waals surface area contributed by atoms with Crippen molar-refractivity contribution in [1.29, 1.82) is 0 Å². The molecule has 2 atom stereocenters. The lowest BCUT2D eigenvalue weighted by atomic mass is 9.86. The summed E-state index contributed by atoms with van der Waals surface area (Å²) in [6, 6.07) is 6.22. The molecule has 1 saturated carbocycles. The van der Waals surface area contributed by atoms with Crippen LogP contribution in [0.25, 0.3) is 11.5 Å². The van der Waals surface area contributed by atoms with Crippen LogP contribution in [0.1, 0.15) is 32.6 Å². The number of carbonyl (C=O) groups excluding carboxylic acids is 1. The second-order valence-corrected chi connectivity index (χ2v) is 7.33. The fraction of sp³-hybridized carbons (Fsp3) is 0.471. The van der Waals surface area contributed by atoms with Gasteiger partial charge in [0.25, 0.3) is 10.9 Å². The van der Waals surface area contributed by atoms with Crippen LogP contribution >= 0.6 is 11.8 Å². The minimum Gasteiger partial charge on any atom is -0.411 e. The van der Waals surface area contributed by atoms with Gasteiger partial charge in [-0.3, -0.25) is 14.9 Å². The van der Waals surface area contributed by atoms with Crippen LogP contribution < -0.4 is 5.32 Å². The Bertz CT molecular complexity index is 795. The average Bonchev–Trinajstić information content (AvgIpc) is 3.11. The van der Waals surface area contributed by atoms with Gasteiger partial charge in [-0.2, -0.15) is 0 Å². The Morgan fingerprint density at radius 3 is 2.96 bits per heavy atom. The highest BCUT2D eigenvalue weighted by atomic mass is 32.2. The van der Waals surface area contributed by atoms with E-state index in [0.29, 0.717) is 11.5 Å². The largest absolute Gasteiger partial charge is 0.411 e. The van der Waals surface area contributed by atoms with Crippen molar-refractivity contribution in [2.24, 2.45) is 5.92 Å². The molecule has 8 nitrogen and oxygen atoms in total. The molecule has 3 rings (SSSR count). The average molecular weight is 376 g/mol. The number of nitrogens with zero attached hydrogens (tertiary/aromatic N) is 3. The van der Waals surface area contributed by atoms with E-state index in [1.807, 2.05) is 0 Å². The molecule has 0 saturated heterocycles. The SMILES string of the molecule is C[C@H]1CCCC[C@H]1NC(=O)CSc1nnc(-c2cccc([N+](=O)[O-])c2)o1. The van der Waals surface area contributed by atoms with Gasteiger partial charge in [0.2, 0.25) is 11.8 Å². The highest BCUT2D eigenvalue weighted by Crippen LogP contribution is 2.26. The zero-order chi connectivity index (χ0) is 18.5. The molecule has 0 bridgehead atoms. The third-order valence-electron chi connectivity index (χ3n) is 4.49. The van der Waals surface area contributed by atoms with Crippen molar-refractivity contribution in [2.75, 3.05) is 5.75 Å². The van der Waals surface area contributed by atoms with Gasteiger partial charge in [-0.15, -0.1) is 10.2 Å². The molecule has 26 heavy (non-hydrogen) atoms. The molecule has 0 aliphatic heterocycles. The molecular formula is C17H20N4O4S. The van der Waals surface area contributed by atoms with Gasteiger partial charge in [0.05, 0.1) is 10.7 Å². The third-order valence-corrected chi connectivity index (χ3v) is 5.31. The fourth-order valence-electron chi connectivity index (χ4n) is 3.04. The fourth-order valence-corrected chi connectivity index (χ4v) is 3.62. The number of nitrogens with one attached hydrogen (secondary N) is 1. The molecule has 1 aromatic carbocycles. The quantitative estimate of drug-likeness (QED) is 0.467. The second kappa shape index (κ2) is 8.31. The maximum Gasteiger partial charge on any atom is 0.277 e. The van der Waals surface area contributed by atoms with E-state index in [9.17, 15) is 14.9 Å². The molecule has 1 aliphatic rings. The molecule has 2 aromatic rings. The third kappa shape index (κ3) is 4.60. The number of nitro groups is 1. The molecule has 1 N–H and O–H groups in total. The van der Waals surface area contributed by atoms with Crippen molar-refractivity contribution in [2.45, 2.75) is 43.9 Å². The van der Waals surface area contributed by atoms with Gasteiger partial charge in [0, 0.05) is 23.7 Å². The first-order chi connectivity index (χ1) is 12.5. The summed E-state index contributed by atoms with van der Waals surface area (Å²) in [6.45, 7) is 2.17. The maximum atomic E-state index is 12.1. The summed E-state index contributed by atoms with van der Waals surface area (Å²) in [5, 5.41) is 22.0. The Hall–Kier alpha value is -2.42. The lowest BCUT2D eigenvalue weighted by molar-refractivity contribution is -0.384. The summed E-state index contributed by atoms with van der Waals surface area (Å²) in [4.78, 5) is 22.5. The van der Waals surface area contributed by atoms with Crippen molar-refractivity contribution in [1.82, 2.24) is 15.5 Å². The molecular weight excluding hydrogens is 356 g/mol. The number of amides is 1. The van der Waals surface area contributed by atoms with Crippen molar-refractivity contribution in [3.8, 4) is 11.5 Å². The van der Waals surface area contributed by atoms with E-state index >= 15 is 0 Å². The first-order valence-electron chi connectivity index (χ1n) is 8.53. The number of hydrogen-bond acceptors (Lipinski definition) is 7. The van der Waals surface area contributed by atoms with Gasteiger partial charge in [-0.25, -0.2) is 0 Å². The Morgan fingerprint density at radius 2 is 2.19 bits per heavy atom. The first-order valence-corrected chi connectivity index (χ1v) is 9.52. The molecule has 1 aliphatic carbocycles. The van der Waals surface area contributed by atoms with Crippen LogP contribution in [-0.2, 0) is 4.79 Å². The van der Waals surface area contributed by atoms with Crippen LogP contribution in [0.15, 0.2) is 33.9 Å². The number of thioether (sulfide) groups is 1. The Labute approximate surface area is 154 Å². The molecule has 1 fully saturated rings. The highest BCUT2D eigenvalue weighted by Gasteiger charge is 2.23. The molecule has 0 unspecified atom stereocenters. The van der Waals surface area contributed by atoms with Gasteiger partial charge in [0.1, 0.15) is 0 Å². The summed E-state index contributed by atoms with van der Waals surface area (Å²) in [6.07, 6.45) is 4.55. The van der Waals surface area contributed by atoms with E-state index in [0.717, 1.165) is 31.0 Å². The Morgan fingerprint density at radius 1 is 1.38 bits per heavy atom. The number of benzene rings is 1. The summed E-state index contributed by atoms with van der Waals surface area (Å²) in [5.74, 6) is 0.836. The molecule has 138 valence electrons. The van der Waals surface area contributed by atoms with Crippen LogP contribution in [0.4, 0.5) is 5.69 Å². The first kappa shape index (κ1) is 18.4. The van der Waals surface area contributed by atoms with Crippen LogP contribution in [0.5, 0.6) is 0 Å². The van der Waals surface area contributed by atoms with E-state index in [-0.39, 0.29) is 34.5 Å². The number of rotatable bonds is 6. The molecule has 0 radical (unpaired) electrons. The lowest BCUT2D eigenvalue weighted by Gasteiger charge is -2.29. The molecule has 1 aromatic heterocycles. The van der Waals surface area contributed by atoms with Gasteiger partial charge in [0.15, 0.2) is 0 Å². The topological polar surface area (TPSA) is 111 Å². The summed E-state index contributed by atoms with van der Waals surface area (Å²) in [7, 11) is 0. The zero-order valence-electron chi connectivity index (χ0n) is 14.4. The van der Waals surface area contributed by atoms with Crippen LogP contribution in [-0.4, -0.2) is 32.8 Å². The zero-order valence-corrected chi connectivity index (χ0v) is 15.2. The van der Waals surface area contributed by atoms with Crippen molar-refractivity contribution < 1.29 is 14.1 Å². The van der Waals surface area contributed by atoms with Gasteiger partial charge >= 0.3 is 0 Å². The van der Waals surface area contributed by atoms with E-state index in [1.165, 1.54) is 18.6 Å². The van der Waals surface area contributed by atoms with E-state index in [2.05, 4.69) is 22.4 Å². The predicted octanol–water partition coefficient (Wildman–Crippen LogP) is 3.43. The smallest absolute Gasteiger partial charge is 0.277 e. The predicted molar refractivity (Wildman–Crippen MR) is 96.7 cm³/mol. The van der Waals surface area contributed by atoms with Crippen molar-refractivity contribution >= 4 is 23.4 Å². The standard InChI is InChI=1S/C17H20N4O4S/c1-11-5-2-3-8-14(11)18-15(22)10-26-17-20-19-16(25-17)12-6-4-7-13(9-12)21(23)24/h4,6-7,9,11,14H,2-3,5,8,10H2,1H3,(H,18,22)/t11-,14+/m0/s1. The number of nitro benzene ring substituents is 1. The summed E-state index contributed by atoms with van der Waals surface area (Å²) in [5.41, 5.74) is 0.426. The Balaban J connectivity index is 1.56. The monoisotopic (exact) mass is 376 g/mol. The van der Waals surface area contributed by atoms with Gasteiger partial charge in [-0.1, -0.05) is 37.6 Å². The van der Waals surface area contributed by atoms with Gasteiger partial charge < -0.3 is 9.73 Å². The number of non-ortho nitro benzene ring substituents is 1. The minimum atomic E-state index is -0.480. The Kier molecular flexibility index (Phi) is 5.87. The number of carbonyl (C=O) groups is 1. The number of aromatic nitrogens is 2. The van der Waals surface area contributed by atoms with Crippen LogP contribution in [0.3, 0.4) is 0 Å². The van der Waals surface area contributed by atoms with Crippen LogP contribution in [0.2, 0.25) is 0 Å². The van der Waals surface area contributed by atoms with E-state index < -0.39 is 4.92 Å². The number of hydrogen-bond donors (Lipinski definition) is 1. The second-order valence-electron chi connectivity index (χ2n) is 6.40. The molecule has 1 amide bonds. The van der Waals surface area contributed by atoms with Crippen molar-refractivity contribution in [3.05, 3.63) is 34.4 Å². The van der Waals surface area contributed by atoms with Crippen molar-refractivity contribution in [3.63, 3.8) is 0 Å². The summed E-state index contributed by atoms with van der Waals surface area (Å²) >= 11 is 1.16. The highest BCUT2D eigenvalue weighted by molar-refractivity contribution is 7.99. The summed E-state index contributed by atoms with van der Waals surface area (Å²) < 4.78 is 5.50. The maximum absolute atomic E-state index is 12.1. The van der Waals surface area contributed by atoms with E-state index in [1.54, 1.807) is 12.1 Å². The lowest BCUT2D eigenvalue weighted by Crippen LogP contribution is -2.41. The van der Waals surface area contributed by atoms with Gasteiger partial charge in [-0.05, 0) is 24.8 Å². The molecule has 1 heterocycles. The molecule has 0 spiro atoms. The minimum absolute atomic E-state index is 0.0455. The van der Waals surface area contributed by atoms with E-state index in [4.69, 9.17) is 4.42 Å².